The normalized spacial score (nSPS) is 11.2. The van der Waals surface area contributed by atoms with Gasteiger partial charge in [-0.05, 0) is 52.9 Å². The van der Waals surface area contributed by atoms with E-state index in [9.17, 15) is 4.39 Å². The van der Waals surface area contributed by atoms with E-state index in [1.54, 1.807) is 6.07 Å². The van der Waals surface area contributed by atoms with Crippen LogP contribution in [0.1, 0.15) is 5.82 Å². The third kappa shape index (κ3) is 2.89. The molecule has 21 heavy (non-hydrogen) atoms. The Bertz CT molecular complexity index is 817. The van der Waals surface area contributed by atoms with Crippen LogP contribution in [-0.2, 0) is 6.42 Å². The molecule has 2 nitrogen and oxygen atoms in total. The maximum absolute atomic E-state index is 13.4. The van der Waals surface area contributed by atoms with Crippen LogP contribution in [0.2, 0.25) is 5.02 Å². The van der Waals surface area contributed by atoms with Crippen LogP contribution in [0.25, 0.3) is 16.7 Å². The summed E-state index contributed by atoms with van der Waals surface area (Å²) in [6.07, 6.45) is 0.608. The summed E-state index contributed by atoms with van der Waals surface area (Å²) in [6, 6.07) is 10.3. The van der Waals surface area contributed by atoms with E-state index in [0.717, 1.165) is 20.6 Å². The molecule has 0 aliphatic rings. The van der Waals surface area contributed by atoms with E-state index < -0.39 is 0 Å². The summed E-state index contributed by atoms with van der Waals surface area (Å²) < 4.78 is 16.4. The van der Waals surface area contributed by atoms with Crippen molar-refractivity contribution in [2.45, 2.75) is 6.42 Å². The predicted molar refractivity (Wildman–Crippen MR) is 93.2 cm³/mol. The van der Waals surface area contributed by atoms with Gasteiger partial charge in [0.25, 0.3) is 0 Å². The van der Waals surface area contributed by atoms with Crippen molar-refractivity contribution in [3.63, 3.8) is 0 Å². The number of hydrogen-bond donors (Lipinski definition) is 0. The number of benzene rings is 2. The SMILES string of the molecule is Fc1ccc2c(c1)nc(CCCl)n2-c1ccc(Cl)cc1I. The van der Waals surface area contributed by atoms with Gasteiger partial charge >= 0.3 is 0 Å². The van der Waals surface area contributed by atoms with Crippen molar-refractivity contribution in [2.75, 3.05) is 5.88 Å². The molecule has 0 fully saturated rings. The molecule has 1 aromatic heterocycles. The van der Waals surface area contributed by atoms with Crippen molar-refractivity contribution < 1.29 is 4.39 Å². The molecule has 0 N–H and O–H groups in total. The van der Waals surface area contributed by atoms with Crippen LogP contribution in [0.4, 0.5) is 4.39 Å². The lowest BCUT2D eigenvalue weighted by atomic mass is 10.2. The molecule has 0 atom stereocenters. The van der Waals surface area contributed by atoms with Crippen molar-refractivity contribution >= 4 is 56.8 Å². The number of nitrogens with zero attached hydrogens (tertiary/aromatic N) is 2. The molecule has 2 aromatic carbocycles. The third-order valence-electron chi connectivity index (χ3n) is 3.15. The highest BCUT2D eigenvalue weighted by molar-refractivity contribution is 14.1. The number of fused-ring (bicyclic) bond motifs is 1. The second-order valence-electron chi connectivity index (χ2n) is 4.53. The first-order chi connectivity index (χ1) is 10.1. The molecule has 0 aliphatic carbocycles. The third-order valence-corrected chi connectivity index (χ3v) is 4.44. The van der Waals surface area contributed by atoms with E-state index in [0.29, 0.717) is 22.8 Å². The zero-order chi connectivity index (χ0) is 15.0. The van der Waals surface area contributed by atoms with Crippen LogP contribution in [0.3, 0.4) is 0 Å². The van der Waals surface area contributed by atoms with Crippen molar-refractivity contribution in [3.8, 4) is 5.69 Å². The van der Waals surface area contributed by atoms with Gasteiger partial charge in [0.2, 0.25) is 0 Å². The Balaban J connectivity index is 2.30. The van der Waals surface area contributed by atoms with Crippen molar-refractivity contribution in [1.29, 1.82) is 0 Å². The van der Waals surface area contributed by atoms with Crippen molar-refractivity contribution in [2.24, 2.45) is 0 Å². The van der Waals surface area contributed by atoms with E-state index in [2.05, 4.69) is 27.6 Å². The maximum atomic E-state index is 13.4. The van der Waals surface area contributed by atoms with E-state index in [1.165, 1.54) is 12.1 Å². The zero-order valence-electron chi connectivity index (χ0n) is 10.8. The van der Waals surface area contributed by atoms with Gasteiger partial charge in [-0.3, -0.25) is 4.57 Å². The van der Waals surface area contributed by atoms with Crippen LogP contribution in [0.15, 0.2) is 36.4 Å². The fourth-order valence-corrected chi connectivity index (χ4v) is 3.57. The van der Waals surface area contributed by atoms with Crippen LogP contribution in [0, 0.1) is 9.39 Å². The maximum Gasteiger partial charge on any atom is 0.125 e. The van der Waals surface area contributed by atoms with E-state index in [1.807, 2.05) is 22.8 Å². The molecule has 6 heteroatoms. The van der Waals surface area contributed by atoms with Gasteiger partial charge in [0, 0.05) is 27.0 Å². The summed E-state index contributed by atoms with van der Waals surface area (Å²) in [7, 11) is 0. The molecule has 0 radical (unpaired) electrons. The monoisotopic (exact) mass is 434 g/mol. The first-order valence-corrected chi connectivity index (χ1v) is 8.27. The number of rotatable bonds is 3. The highest BCUT2D eigenvalue weighted by Gasteiger charge is 2.14. The minimum atomic E-state index is -0.296. The number of aryl methyl sites for hydroxylation is 1. The summed E-state index contributed by atoms with van der Waals surface area (Å²) in [5.74, 6) is 0.969. The Morgan fingerprint density at radius 2 is 2.00 bits per heavy atom. The Morgan fingerprint density at radius 3 is 2.71 bits per heavy atom. The molecule has 3 rings (SSSR count). The summed E-state index contributed by atoms with van der Waals surface area (Å²) >= 11 is 14.1. The number of aromatic nitrogens is 2. The van der Waals surface area contributed by atoms with Gasteiger partial charge in [0.05, 0.1) is 16.7 Å². The standard InChI is InChI=1S/C15H10Cl2FIN2/c16-6-5-15-20-12-8-10(18)2-4-14(12)21(15)13-3-1-9(17)7-11(13)19/h1-4,7-8H,5-6H2. The topological polar surface area (TPSA) is 17.8 Å². The molecular weight excluding hydrogens is 425 g/mol. The smallest absolute Gasteiger partial charge is 0.125 e. The predicted octanol–water partition coefficient (Wildman–Crippen LogP) is 5.20. The Kier molecular flexibility index (Phi) is 4.38. The minimum Gasteiger partial charge on any atom is -0.295 e. The lowest BCUT2D eigenvalue weighted by Crippen LogP contribution is -2.04. The molecular formula is C15H10Cl2FIN2. The van der Waals surface area contributed by atoms with Crippen LogP contribution in [-0.4, -0.2) is 15.4 Å². The second kappa shape index (κ2) is 6.10. The van der Waals surface area contributed by atoms with Gasteiger partial charge in [-0.25, -0.2) is 9.37 Å². The molecule has 0 spiro atoms. The number of alkyl halides is 1. The summed E-state index contributed by atoms with van der Waals surface area (Å²) in [6.45, 7) is 0. The molecule has 0 aliphatic heterocycles. The highest BCUT2D eigenvalue weighted by atomic mass is 127. The van der Waals surface area contributed by atoms with Gasteiger partial charge < -0.3 is 0 Å². The first-order valence-electron chi connectivity index (χ1n) is 6.28. The largest absolute Gasteiger partial charge is 0.295 e. The van der Waals surface area contributed by atoms with Crippen molar-refractivity contribution in [3.05, 3.63) is 56.6 Å². The average molecular weight is 435 g/mol. The van der Waals surface area contributed by atoms with Crippen LogP contribution < -0.4 is 0 Å². The average Bonchev–Trinajstić information content (AvgIpc) is 2.76. The molecule has 1 heterocycles. The molecule has 0 unspecified atom stereocenters. The van der Waals surface area contributed by atoms with Gasteiger partial charge in [0.1, 0.15) is 11.6 Å². The van der Waals surface area contributed by atoms with Gasteiger partial charge in [0.15, 0.2) is 0 Å². The van der Waals surface area contributed by atoms with E-state index in [-0.39, 0.29) is 5.82 Å². The fourth-order valence-electron chi connectivity index (χ4n) is 2.29. The zero-order valence-corrected chi connectivity index (χ0v) is 14.5. The van der Waals surface area contributed by atoms with Gasteiger partial charge in [-0.2, -0.15) is 0 Å². The Labute approximate surface area is 145 Å². The van der Waals surface area contributed by atoms with E-state index >= 15 is 0 Å². The number of imidazole rings is 1. The summed E-state index contributed by atoms with van der Waals surface area (Å²) in [5, 5.41) is 0.678. The quantitative estimate of drug-likeness (QED) is 0.409. The molecule has 3 aromatic rings. The van der Waals surface area contributed by atoms with Gasteiger partial charge in [-0.15, -0.1) is 11.6 Å². The Morgan fingerprint density at radius 1 is 1.19 bits per heavy atom. The van der Waals surface area contributed by atoms with Crippen molar-refractivity contribution in [1.82, 2.24) is 9.55 Å². The van der Waals surface area contributed by atoms with E-state index in [4.69, 9.17) is 23.2 Å². The lowest BCUT2D eigenvalue weighted by Gasteiger charge is -2.11. The minimum absolute atomic E-state index is 0.296. The van der Waals surface area contributed by atoms with Gasteiger partial charge in [-0.1, -0.05) is 11.6 Å². The fraction of sp³-hybridized carbons (Fsp3) is 0.133. The van der Waals surface area contributed by atoms with Crippen LogP contribution >= 0.6 is 45.8 Å². The van der Waals surface area contributed by atoms with Crippen LogP contribution in [0.5, 0.6) is 0 Å². The highest BCUT2D eigenvalue weighted by Crippen LogP contribution is 2.28. The lowest BCUT2D eigenvalue weighted by molar-refractivity contribution is 0.629. The molecule has 0 amide bonds. The Hall–Kier alpha value is -0.850. The number of hydrogen-bond acceptors (Lipinski definition) is 1. The molecule has 0 saturated carbocycles. The molecule has 0 saturated heterocycles. The number of halogens is 4. The first kappa shape index (κ1) is 15.1. The molecule has 108 valence electrons. The molecule has 0 bridgehead atoms. The summed E-state index contributed by atoms with van der Waals surface area (Å²) in [5.41, 5.74) is 2.45. The summed E-state index contributed by atoms with van der Waals surface area (Å²) in [4.78, 5) is 4.51. The second-order valence-corrected chi connectivity index (χ2v) is 6.51.